The first kappa shape index (κ1) is 13.1. The highest BCUT2D eigenvalue weighted by atomic mass is 16.5. The molecule has 5 nitrogen and oxygen atoms in total. The summed E-state index contributed by atoms with van der Waals surface area (Å²) in [4.78, 5) is 14.1. The molecule has 0 radical (unpaired) electrons. The van der Waals surface area contributed by atoms with Crippen LogP contribution in [-0.2, 0) is 0 Å². The number of nitrogen functional groups attached to an aromatic ring is 1. The van der Waals surface area contributed by atoms with Crippen molar-refractivity contribution in [3.05, 3.63) is 41.8 Å². The molecule has 1 amide bonds. The fourth-order valence-electron chi connectivity index (χ4n) is 1.89. The molecule has 2 rings (SSSR count). The van der Waals surface area contributed by atoms with Gasteiger partial charge in [-0.2, -0.15) is 0 Å². The molecule has 2 N–H and O–H groups in total. The second-order valence-corrected chi connectivity index (χ2v) is 4.35. The number of anilines is 2. The van der Waals surface area contributed by atoms with Crippen molar-refractivity contribution in [3.63, 3.8) is 0 Å². The van der Waals surface area contributed by atoms with Gasteiger partial charge in [0, 0.05) is 12.6 Å². The summed E-state index contributed by atoms with van der Waals surface area (Å²) in [7, 11) is 0. The van der Waals surface area contributed by atoms with Gasteiger partial charge in [0.15, 0.2) is 0 Å². The molecular formula is C14H17N3O2. The van der Waals surface area contributed by atoms with Gasteiger partial charge in [-0.3, -0.25) is 4.79 Å². The number of carbonyl (C=O) groups is 1. The van der Waals surface area contributed by atoms with Gasteiger partial charge in [-0.15, -0.1) is 0 Å². The molecule has 1 heterocycles. The number of nitrogens with two attached hydrogens (primary N) is 1. The minimum absolute atomic E-state index is 0.222. The Kier molecular flexibility index (Phi) is 3.85. The van der Waals surface area contributed by atoms with E-state index in [0.717, 1.165) is 6.42 Å². The van der Waals surface area contributed by atoms with Crippen LogP contribution >= 0.6 is 0 Å². The van der Waals surface area contributed by atoms with Gasteiger partial charge in [-0.05, 0) is 25.5 Å². The number of rotatable bonds is 4. The largest absolute Gasteiger partial charge is 0.397 e. The van der Waals surface area contributed by atoms with Crippen molar-refractivity contribution in [3.8, 4) is 0 Å². The van der Waals surface area contributed by atoms with E-state index < -0.39 is 0 Å². The van der Waals surface area contributed by atoms with Gasteiger partial charge in [0.25, 0.3) is 5.91 Å². The van der Waals surface area contributed by atoms with Crippen LogP contribution in [0, 0.1) is 6.92 Å². The van der Waals surface area contributed by atoms with Gasteiger partial charge in [0.1, 0.15) is 0 Å². The quantitative estimate of drug-likeness (QED) is 0.857. The molecule has 0 spiro atoms. The van der Waals surface area contributed by atoms with Gasteiger partial charge in [0.2, 0.25) is 5.76 Å². The zero-order valence-electron chi connectivity index (χ0n) is 11.1. The van der Waals surface area contributed by atoms with E-state index in [0.29, 0.717) is 23.6 Å². The summed E-state index contributed by atoms with van der Waals surface area (Å²) in [6.07, 6.45) is 0.827. The average molecular weight is 259 g/mol. The fourth-order valence-corrected chi connectivity index (χ4v) is 1.89. The zero-order valence-corrected chi connectivity index (χ0v) is 11.1. The third kappa shape index (κ3) is 2.76. The molecule has 0 fully saturated rings. The number of hydrogen-bond donors (Lipinski definition) is 1. The van der Waals surface area contributed by atoms with Crippen molar-refractivity contribution in [2.45, 2.75) is 20.3 Å². The lowest BCUT2D eigenvalue weighted by Gasteiger charge is -2.22. The highest BCUT2D eigenvalue weighted by molar-refractivity contribution is 6.05. The molecule has 19 heavy (non-hydrogen) atoms. The van der Waals surface area contributed by atoms with Gasteiger partial charge in [0.05, 0.1) is 17.1 Å². The van der Waals surface area contributed by atoms with E-state index in [-0.39, 0.29) is 11.7 Å². The topological polar surface area (TPSA) is 72.4 Å². The minimum atomic E-state index is -0.222. The Labute approximate surface area is 112 Å². The van der Waals surface area contributed by atoms with E-state index >= 15 is 0 Å². The van der Waals surface area contributed by atoms with Crippen LogP contribution in [-0.4, -0.2) is 17.6 Å². The number of aromatic nitrogens is 1. The van der Waals surface area contributed by atoms with Crippen LogP contribution in [0.15, 0.2) is 34.9 Å². The third-order valence-corrected chi connectivity index (χ3v) is 2.76. The fraction of sp³-hybridized carbons (Fsp3) is 0.286. The molecule has 100 valence electrons. The van der Waals surface area contributed by atoms with E-state index in [2.05, 4.69) is 5.16 Å². The SMILES string of the molecule is CCCN(C(=O)c1cc(C)no1)c1ccccc1N. The number of aryl methyl sites for hydroxylation is 1. The Hall–Kier alpha value is -2.30. The van der Waals surface area contributed by atoms with E-state index in [9.17, 15) is 4.79 Å². The smallest absolute Gasteiger partial charge is 0.296 e. The van der Waals surface area contributed by atoms with Crippen molar-refractivity contribution < 1.29 is 9.32 Å². The molecule has 0 bridgehead atoms. The van der Waals surface area contributed by atoms with E-state index in [1.54, 1.807) is 24.0 Å². The molecule has 0 aliphatic heterocycles. The maximum Gasteiger partial charge on any atom is 0.296 e. The minimum Gasteiger partial charge on any atom is -0.397 e. The van der Waals surface area contributed by atoms with E-state index in [4.69, 9.17) is 10.3 Å². The van der Waals surface area contributed by atoms with Crippen molar-refractivity contribution >= 4 is 17.3 Å². The molecule has 1 aromatic heterocycles. The van der Waals surface area contributed by atoms with Crippen LogP contribution in [0.5, 0.6) is 0 Å². The molecule has 2 aromatic rings. The maximum absolute atomic E-state index is 12.4. The van der Waals surface area contributed by atoms with Crippen LogP contribution in [0.2, 0.25) is 0 Å². The summed E-state index contributed by atoms with van der Waals surface area (Å²) in [5, 5.41) is 3.74. The summed E-state index contributed by atoms with van der Waals surface area (Å²) >= 11 is 0. The molecule has 0 saturated heterocycles. The lowest BCUT2D eigenvalue weighted by atomic mass is 10.2. The number of benzene rings is 1. The Bertz CT molecular complexity index is 578. The van der Waals surface area contributed by atoms with Crippen LogP contribution in [0.4, 0.5) is 11.4 Å². The first-order chi connectivity index (χ1) is 9.13. The lowest BCUT2D eigenvalue weighted by molar-refractivity contribution is 0.0951. The number of para-hydroxylation sites is 2. The van der Waals surface area contributed by atoms with E-state index in [1.807, 2.05) is 25.1 Å². The first-order valence-electron chi connectivity index (χ1n) is 6.23. The Balaban J connectivity index is 2.35. The summed E-state index contributed by atoms with van der Waals surface area (Å²) in [5.41, 5.74) is 7.88. The maximum atomic E-state index is 12.4. The summed E-state index contributed by atoms with van der Waals surface area (Å²) in [6, 6.07) is 8.92. The summed E-state index contributed by atoms with van der Waals surface area (Å²) in [5.74, 6) is 0.00885. The van der Waals surface area contributed by atoms with Crippen molar-refractivity contribution in [2.24, 2.45) is 0 Å². The monoisotopic (exact) mass is 259 g/mol. The molecule has 0 atom stereocenters. The normalized spacial score (nSPS) is 10.4. The Morgan fingerprint density at radius 3 is 2.74 bits per heavy atom. The second-order valence-electron chi connectivity index (χ2n) is 4.35. The average Bonchev–Trinajstić information content (AvgIpc) is 2.83. The Morgan fingerprint density at radius 2 is 2.16 bits per heavy atom. The van der Waals surface area contributed by atoms with E-state index in [1.165, 1.54) is 0 Å². The molecule has 0 aliphatic rings. The van der Waals surface area contributed by atoms with Crippen molar-refractivity contribution in [1.29, 1.82) is 0 Å². The highest BCUT2D eigenvalue weighted by Crippen LogP contribution is 2.24. The van der Waals surface area contributed by atoms with Crippen molar-refractivity contribution in [1.82, 2.24) is 5.16 Å². The summed E-state index contributed by atoms with van der Waals surface area (Å²) < 4.78 is 5.03. The van der Waals surface area contributed by atoms with Gasteiger partial charge >= 0.3 is 0 Å². The molecule has 0 unspecified atom stereocenters. The molecule has 1 aromatic carbocycles. The zero-order chi connectivity index (χ0) is 13.8. The lowest BCUT2D eigenvalue weighted by Crippen LogP contribution is -2.32. The highest BCUT2D eigenvalue weighted by Gasteiger charge is 2.22. The third-order valence-electron chi connectivity index (χ3n) is 2.76. The predicted molar refractivity (Wildman–Crippen MR) is 74.1 cm³/mol. The predicted octanol–water partition coefficient (Wildman–Crippen LogP) is 2.62. The number of amides is 1. The van der Waals surface area contributed by atoms with Crippen LogP contribution in [0.3, 0.4) is 0 Å². The van der Waals surface area contributed by atoms with Gasteiger partial charge < -0.3 is 15.2 Å². The molecule has 0 aliphatic carbocycles. The van der Waals surface area contributed by atoms with Crippen LogP contribution < -0.4 is 10.6 Å². The van der Waals surface area contributed by atoms with Crippen LogP contribution in [0.25, 0.3) is 0 Å². The Morgan fingerprint density at radius 1 is 1.42 bits per heavy atom. The number of nitrogens with zero attached hydrogens (tertiary/aromatic N) is 2. The van der Waals surface area contributed by atoms with Crippen LogP contribution in [0.1, 0.15) is 29.6 Å². The standard InChI is InChI=1S/C14H17N3O2/c1-3-8-17(12-7-5-4-6-11(12)15)14(18)13-9-10(2)16-19-13/h4-7,9H,3,8,15H2,1-2H3. The summed E-state index contributed by atoms with van der Waals surface area (Å²) in [6.45, 7) is 4.36. The molecule has 5 heteroatoms. The molecular weight excluding hydrogens is 242 g/mol. The molecule has 0 saturated carbocycles. The van der Waals surface area contributed by atoms with Gasteiger partial charge in [-0.25, -0.2) is 0 Å². The number of carbonyl (C=O) groups excluding carboxylic acids is 1. The first-order valence-corrected chi connectivity index (χ1v) is 6.23. The second kappa shape index (κ2) is 5.56. The number of hydrogen-bond acceptors (Lipinski definition) is 4. The van der Waals surface area contributed by atoms with Crippen molar-refractivity contribution in [2.75, 3.05) is 17.2 Å². The van der Waals surface area contributed by atoms with Gasteiger partial charge in [-0.1, -0.05) is 24.2 Å².